The fourth-order valence-corrected chi connectivity index (χ4v) is 2.08. The van der Waals surface area contributed by atoms with Crippen molar-refractivity contribution in [3.63, 3.8) is 0 Å². The molecule has 1 aliphatic rings. The van der Waals surface area contributed by atoms with E-state index < -0.39 is 11.4 Å². The minimum absolute atomic E-state index is 0.0900. The molecule has 1 N–H and O–H groups in total. The molecule has 0 spiro atoms. The van der Waals surface area contributed by atoms with Crippen LogP contribution in [0.25, 0.3) is 0 Å². The number of rotatable bonds is 5. The lowest BCUT2D eigenvalue weighted by atomic mass is 9.95. The highest BCUT2D eigenvalue weighted by molar-refractivity contribution is 5.93. The molecule has 0 aliphatic heterocycles. The van der Waals surface area contributed by atoms with Crippen LogP contribution in [0.3, 0.4) is 0 Å². The predicted octanol–water partition coefficient (Wildman–Crippen LogP) is 1.02. The zero-order chi connectivity index (χ0) is 13.9. The summed E-state index contributed by atoms with van der Waals surface area (Å²) in [6.45, 7) is -0.0900. The summed E-state index contributed by atoms with van der Waals surface area (Å²) < 4.78 is 9.59. The van der Waals surface area contributed by atoms with E-state index in [4.69, 9.17) is 4.74 Å². The van der Waals surface area contributed by atoms with E-state index in [9.17, 15) is 9.59 Å². The van der Waals surface area contributed by atoms with Gasteiger partial charge in [-0.2, -0.15) is 0 Å². The molecule has 19 heavy (non-hydrogen) atoms. The van der Waals surface area contributed by atoms with Gasteiger partial charge in [-0.15, -0.1) is 0 Å². The molecule has 102 valence electrons. The number of ether oxygens (including phenoxy) is 2. The first-order valence-corrected chi connectivity index (χ1v) is 6.12. The van der Waals surface area contributed by atoms with Crippen molar-refractivity contribution in [2.75, 3.05) is 20.8 Å². The van der Waals surface area contributed by atoms with Gasteiger partial charge >= 0.3 is 5.97 Å². The Hall–Kier alpha value is -2.04. The van der Waals surface area contributed by atoms with Gasteiger partial charge < -0.3 is 14.8 Å². The van der Waals surface area contributed by atoms with E-state index in [1.165, 1.54) is 7.11 Å². The zero-order valence-corrected chi connectivity index (χ0v) is 11.1. The van der Waals surface area contributed by atoms with Crippen LogP contribution in [-0.4, -0.2) is 32.6 Å². The van der Waals surface area contributed by atoms with Gasteiger partial charge in [0.15, 0.2) is 0 Å². The maximum atomic E-state index is 12.2. The Morgan fingerprint density at radius 3 is 2.32 bits per heavy atom. The van der Waals surface area contributed by atoms with Gasteiger partial charge in [0.2, 0.25) is 5.91 Å². The molecular formula is C14H17NO4. The van der Waals surface area contributed by atoms with Gasteiger partial charge in [-0.1, -0.05) is 12.1 Å². The van der Waals surface area contributed by atoms with Gasteiger partial charge in [0.25, 0.3) is 0 Å². The number of amides is 1. The molecule has 0 unspecified atom stereocenters. The van der Waals surface area contributed by atoms with Gasteiger partial charge in [0.05, 0.1) is 19.6 Å². The fourth-order valence-electron chi connectivity index (χ4n) is 2.08. The maximum Gasteiger partial charge on any atom is 0.325 e. The van der Waals surface area contributed by atoms with Crippen LogP contribution in [0.4, 0.5) is 0 Å². The van der Waals surface area contributed by atoms with E-state index in [1.807, 2.05) is 24.3 Å². The quantitative estimate of drug-likeness (QED) is 0.805. The van der Waals surface area contributed by atoms with Crippen molar-refractivity contribution in [1.82, 2.24) is 5.32 Å². The van der Waals surface area contributed by atoms with Gasteiger partial charge in [-0.25, -0.2) is 0 Å². The standard InChI is InChI=1S/C14H17NO4/c1-18-11-5-3-10(4-6-11)14(7-8-14)13(17)15-9-12(16)19-2/h3-6H,7-9H2,1-2H3,(H,15,17). The third-order valence-corrected chi connectivity index (χ3v) is 3.45. The van der Waals surface area contributed by atoms with Crippen molar-refractivity contribution >= 4 is 11.9 Å². The Bertz CT molecular complexity index is 477. The van der Waals surface area contributed by atoms with Crippen molar-refractivity contribution in [3.8, 4) is 5.75 Å². The van der Waals surface area contributed by atoms with Crippen LogP contribution in [0.15, 0.2) is 24.3 Å². The summed E-state index contributed by atoms with van der Waals surface area (Å²) in [5.74, 6) is 0.191. The summed E-state index contributed by atoms with van der Waals surface area (Å²) in [6.07, 6.45) is 1.60. The largest absolute Gasteiger partial charge is 0.497 e. The summed E-state index contributed by atoms with van der Waals surface area (Å²) in [6, 6.07) is 7.46. The number of nitrogens with one attached hydrogen (secondary N) is 1. The van der Waals surface area contributed by atoms with Gasteiger partial charge in [-0.3, -0.25) is 9.59 Å². The number of benzene rings is 1. The van der Waals surface area contributed by atoms with Crippen molar-refractivity contribution in [2.24, 2.45) is 0 Å². The molecule has 0 atom stereocenters. The third-order valence-electron chi connectivity index (χ3n) is 3.45. The molecule has 1 saturated carbocycles. The van der Waals surface area contributed by atoms with Crippen LogP contribution in [0.2, 0.25) is 0 Å². The van der Waals surface area contributed by atoms with E-state index in [0.29, 0.717) is 0 Å². The Kier molecular flexibility index (Phi) is 3.74. The molecule has 1 fully saturated rings. The fraction of sp³-hybridized carbons (Fsp3) is 0.429. The van der Waals surface area contributed by atoms with Crippen LogP contribution >= 0.6 is 0 Å². The van der Waals surface area contributed by atoms with Crippen LogP contribution < -0.4 is 10.1 Å². The highest BCUT2D eigenvalue weighted by atomic mass is 16.5. The van der Waals surface area contributed by atoms with Gasteiger partial charge in [0.1, 0.15) is 12.3 Å². The third kappa shape index (κ3) is 2.70. The molecule has 0 bridgehead atoms. The topological polar surface area (TPSA) is 64.6 Å². The monoisotopic (exact) mass is 263 g/mol. The summed E-state index contributed by atoms with van der Waals surface area (Å²) in [7, 11) is 2.90. The van der Waals surface area contributed by atoms with E-state index in [0.717, 1.165) is 24.2 Å². The average molecular weight is 263 g/mol. The van der Waals surface area contributed by atoms with E-state index in [1.54, 1.807) is 7.11 Å². The summed E-state index contributed by atoms with van der Waals surface area (Å²) in [5, 5.41) is 2.62. The number of carbonyl (C=O) groups excluding carboxylic acids is 2. The lowest BCUT2D eigenvalue weighted by molar-refractivity contribution is -0.141. The molecule has 0 radical (unpaired) electrons. The zero-order valence-electron chi connectivity index (χ0n) is 11.1. The van der Waals surface area contributed by atoms with Crippen LogP contribution in [-0.2, 0) is 19.7 Å². The molecule has 1 aromatic rings. The molecule has 1 amide bonds. The maximum absolute atomic E-state index is 12.2. The Labute approximate surface area is 111 Å². The number of hydrogen-bond donors (Lipinski definition) is 1. The molecule has 1 aromatic carbocycles. The smallest absolute Gasteiger partial charge is 0.325 e. The van der Waals surface area contributed by atoms with Crippen LogP contribution in [0.5, 0.6) is 5.75 Å². The molecule has 0 aromatic heterocycles. The van der Waals surface area contributed by atoms with Crippen molar-refractivity contribution in [3.05, 3.63) is 29.8 Å². The second-order valence-corrected chi connectivity index (χ2v) is 4.57. The summed E-state index contributed by atoms with van der Waals surface area (Å²) in [4.78, 5) is 23.2. The SMILES string of the molecule is COC(=O)CNC(=O)C1(c2ccc(OC)cc2)CC1. The normalized spacial score (nSPS) is 15.5. The number of esters is 1. The Morgan fingerprint density at radius 2 is 1.84 bits per heavy atom. The first kappa shape index (κ1) is 13.4. The molecule has 5 nitrogen and oxygen atoms in total. The van der Waals surface area contributed by atoms with Crippen LogP contribution in [0.1, 0.15) is 18.4 Å². The molecule has 0 saturated heterocycles. The van der Waals surface area contributed by atoms with Crippen molar-refractivity contribution < 1.29 is 19.1 Å². The van der Waals surface area contributed by atoms with Crippen molar-refractivity contribution in [1.29, 1.82) is 0 Å². The molecule has 1 aliphatic carbocycles. The van der Waals surface area contributed by atoms with Gasteiger partial charge in [-0.05, 0) is 30.5 Å². The van der Waals surface area contributed by atoms with E-state index in [-0.39, 0.29) is 12.5 Å². The first-order valence-electron chi connectivity index (χ1n) is 6.12. The minimum atomic E-state index is -0.486. The number of hydrogen-bond acceptors (Lipinski definition) is 4. The van der Waals surface area contributed by atoms with E-state index in [2.05, 4.69) is 10.1 Å². The number of methoxy groups -OCH3 is 2. The molecule has 5 heteroatoms. The van der Waals surface area contributed by atoms with Crippen LogP contribution in [0, 0.1) is 0 Å². The lowest BCUT2D eigenvalue weighted by Gasteiger charge is -2.15. The highest BCUT2D eigenvalue weighted by Crippen LogP contribution is 2.48. The van der Waals surface area contributed by atoms with Crippen molar-refractivity contribution in [2.45, 2.75) is 18.3 Å². The molecule has 2 rings (SSSR count). The molecule has 0 heterocycles. The second kappa shape index (κ2) is 5.30. The lowest BCUT2D eigenvalue weighted by Crippen LogP contribution is -2.38. The Balaban J connectivity index is 2.05. The van der Waals surface area contributed by atoms with E-state index >= 15 is 0 Å². The predicted molar refractivity (Wildman–Crippen MR) is 68.9 cm³/mol. The minimum Gasteiger partial charge on any atom is -0.497 e. The molecular weight excluding hydrogens is 246 g/mol. The summed E-state index contributed by atoms with van der Waals surface area (Å²) in [5.41, 5.74) is 0.468. The first-order chi connectivity index (χ1) is 9.12. The average Bonchev–Trinajstić information content (AvgIpc) is 3.26. The second-order valence-electron chi connectivity index (χ2n) is 4.57. The van der Waals surface area contributed by atoms with Gasteiger partial charge in [0, 0.05) is 0 Å². The summed E-state index contributed by atoms with van der Waals surface area (Å²) >= 11 is 0. The highest BCUT2D eigenvalue weighted by Gasteiger charge is 2.51. The number of carbonyl (C=O) groups is 2. The Morgan fingerprint density at radius 1 is 1.21 bits per heavy atom.